The third-order valence-corrected chi connectivity index (χ3v) is 7.26. The molecule has 11 heteroatoms. The van der Waals surface area contributed by atoms with Crippen molar-refractivity contribution in [1.29, 1.82) is 0 Å². The average molecular weight is 566 g/mol. The Morgan fingerprint density at radius 3 is 2.47 bits per heavy atom. The molecule has 0 aliphatic carbocycles. The van der Waals surface area contributed by atoms with Crippen molar-refractivity contribution in [3.63, 3.8) is 0 Å². The van der Waals surface area contributed by atoms with Crippen LogP contribution >= 0.6 is 39.0 Å². The van der Waals surface area contributed by atoms with Gasteiger partial charge in [0.25, 0.3) is 5.91 Å². The number of alkyl halides is 3. The number of halogens is 4. The summed E-state index contributed by atoms with van der Waals surface area (Å²) in [5.74, 6) is -0.913. The van der Waals surface area contributed by atoms with Gasteiger partial charge < -0.3 is 10.6 Å². The van der Waals surface area contributed by atoms with Crippen molar-refractivity contribution in [2.75, 3.05) is 16.4 Å². The van der Waals surface area contributed by atoms with E-state index in [0.717, 1.165) is 27.0 Å². The molecule has 0 bridgehead atoms. The number of anilines is 2. The van der Waals surface area contributed by atoms with Crippen molar-refractivity contribution in [2.24, 2.45) is 0 Å². The summed E-state index contributed by atoms with van der Waals surface area (Å²) in [7, 11) is 0. The number of carbonyl (C=O) groups excluding carboxylic acids is 2. The number of rotatable bonds is 6. The fraction of sp³-hybridized carbons (Fsp3) is 0.0870. The van der Waals surface area contributed by atoms with Gasteiger partial charge >= 0.3 is 6.18 Å². The number of nitrogens with zero attached hydrogens (tertiary/aromatic N) is 1. The molecule has 174 valence electrons. The zero-order chi connectivity index (χ0) is 24.3. The normalized spacial score (nSPS) is 11.4. The van der Waals surface area contributed by atoms with E-state index in [4.69, 9.17) is 0 Å². The highest BCUT2D eigenvalue weighted by Gasteiger charge is 2.33. The Balaban J connectivity index is 1.39. The number of nitrogens with one attached hydrogen (secondary N) is 2. The maximum Gasteiger partial charge on any atom is 0.418 e. The van der Waals surface area contributed by atoms with Crippen LogP contribution in [0, 0.1) is 0 Å². The van der Waals surface area contributed by atoms with Crippen molar-refractivity contribution >= 4 is 72.4 Å². The lowest BCUT2D eigenvalue weighted by atomic mass is 10.1. The maximum absolute atomic E-state index is 13.1. The van der Waals surface area contributed by atoms with E-state index in [1.165, 1.54) is 29.5 Å². The molecule has 0 atom stereocenters. The minimum absolute atomic E-state index is 0.0980. The Hall–Kier alpha value is -2.89. The molecule has 4 rings (SSSR count). The van der Waals surface area contributed by atoms with Crippen LogP contribution in [-0.4, -0.2) is 22.6 Å². The first-order valence-corrected chi connectivity index (χ1v) is 12.3. The molecule has 5 nitrogen and oxygen atoms in total. The number of amides is 2. The van der Waals surface area contributed by atoms with E-state index in [2.05, 4.69) is 31.5 Å². The molecule has 2 amide bonds. The molecule has 0 aliphatic heterocycles. The number of thioether (sulfide) groups is 1. The standard InChI is InChI=1S/C23H15BrF3N3O2S2/c24-14-7-5-13(6-8-14)21(32)28-15-9-10-18-19(11-15)34-22(30-18)33-12-20(31)29-17-4-2-1-3-16(17)23(25,26)27/h1-11H,12H2,(H,28,32)(H,29,31). The van der Waals surface area contributed by atoms with Gasteiger partial charge in [0.1, 0.15) is 0 Å². The van der Waals surface area contributed by atoms with Crippen LogP contribution in [0.1, 0.15) is 15.9 Å². The molecule has 0 unspecified atom stereocenters. The van der Waals surface area contributed by atoms with E-state index in [0.29, 0.717) is 21.1 Å². The number of hydrogen-bond acceptors (Lipinski definition) is 5. The van der Waals surface area contributed by atoms with Gasteiger partial charge in [0, 0.05) is 15.7 Å². The van der Waals surface area contributed by atoms with E-state index in [1.54, 1.807) is 42.5 Å². The van der Waals surface area contributed by atoms with Crippen LogP contribution in [0.25, 0.3) is 10.2 Å². The fourth-order valence-electron chi connectivity index (χ4n) is 3.00. The molecule has 0 radical (unpaired) electrons. The van der Waals surface area contributed by atoms with Crippen molar-refractivity contribution in [3.05, 3.63) is 82.3 Å². The van der Waals surface area contributed by atoms with Crippen LogP contribution in [0.2, 0.25) is 0 Å². The largest absolute Gasteiger partial charge is 0.418 e. The highest BCUT2D eigenvalue weighted by atomic mass is 79.9. The molecule has 1 heterocycles. The molecule has 0 aliphatic rings. The van der Waals surface area contributed by atoms with Crippen molar-refractivity contribution in [1.82, 2.24) is 4.98 Å². The second kappa shape index (κ2) is 10.2. The van der Waals surface area contributed by atoms with Crippen LogP contribution in [-0.2, 0) is 11.0 Å². The second-order valence-electron chi connectivity index (χ2n) is 7.00. The van der Waals surface area contributed by atoms with Gasteiger partial charge in [0.15, 0.2) is 4.34 Å². The topological polar surface area (TPSA) is 71.1 Å². The van der Waals surface area contributed by atoms with Gasteiger partial charge in [-0.15, -0.1) is 11.3 Å². The molecule has 0 saturated carbocycles. The van der Waals surface area contributed by atoms with Gasteiger partial charge in [-0.05, 0) is 54.6 Å². The average Bonchev–Trinajstić information content (AvgIpc) is 3.20. The van der Waals surface area contributed by atoms with Crippen LogP contribution in [0.15, 0.2) is 75.5 Å². The lowest BCUT2D eigenvalue weighted by Gasteiger charge is -2.13. The maximum atomic E-state index is 13.1. The van der Waals surface area contributed by atoms with E-state index in [1.807, 2.05) is 0 Å². The Morgan fingerprint density at radius 1 is 1.00 bits per heavy atom. The van der Waals surface area contributed by atoms with E-state index < -0.39 is 17.6 Å². The summed E-state index contributed by atoms with van der Waals surface area (Å²) in [6.07, 6.45) is -4.56. The third kappa shape index (κ3) is 5.96. The summed E-state index contributed by atoms with van der Waals surface area (Å²) in [6.45, 7) is 0. The number of fused-ring (bicyclic) bond motifs is 1. The summed E-state index contributed by atoms with van der Waals surface area (Å²) in [5, 5.41) is 5.15. The monoisotopic (exact) mass is 565 g/mol. The molecular weight excluding hydrogens is 551 g/mol. The molecule has 2 N–H and O–H groups in total. The smallest absolute Gasteiger partial charge is 0.325 e. The second-order valence-corrected chi connectivity index (χ2v) is 10.2. The predicted molar refractivity (Wildman–Crippen MR) is 133 cm³/mol. The summed E-state index contributed by atoms with van der Waals surface area (Å²) in [4.78, 5) is 29.1. The molecule has 0 fully saturated rings. The van der Waals surface area contributed by atoms with Gasteiger partial charge in [-0.2, -0.15) is 13.2 Å². The zero-order valence-electron chi connectivity index (χ0n) is 17.2. The molecule has 0 spiro atoms. The molecular formula is C23H15BrF3N3O2S2. The molecule has 1 aromatic heterocycles. The molecule has 4 aromatic rings. The lowest BCUT2D eigenvalue weighted by molar-refractivity contribution is -0.137. The first-order valence-electron chi connectivity index (χ1n) is 9.75. The number of para-hydroxylation sites is 1. The van der Waals surface area contributed by atoms with Crippen LogP contribution in [0.4, 0.5) is 24.5 Å². The van der Waals surface area contributed by atoms with Crippen molar-refractivity contribution in [2.45, 2.75) is 10.5 Å². The molecule has 0 saturated heterocycles. The minimum atomic E-state index is -4.56. The van der Waals surface area contributed by atoms with Gasteiger partial charge in [0.2, 0.25) is 5.91 Å². The Labute approximate surface area is 208 Å². The Kier molecular flexibility index (Phi) is 7.24. The van der Waals surface area contributed by atoms with Gasteiger partial charge in [0.05, 0.1) is 27.2 Å². The van der Waals surface area contributed by atoms with Gasteiger partial charge in [-0.3, -0.25) is 9.59 Å². The summed E-state index contributed by atoms with van der Waals surface area (Å²) >= 11 is 5.78. The van der Waals surface area contributed by atoms with E-state index in [9.17, 15) is 22.8 Å². The summed E-state index contributed by atoms with van der Waals surface area (Å²) < 4.78 is 41.6. The number of aromatic nitrogens is 1. The summed E-state index contributed by atoms with van der Waals surface area (Å²) in [5.41, 5.74) is 0.628. The van der Waals surface area contributed by atoms with Crippen LogP contribution in [0.5, 0.6) is 0 Å². The van der Waals surface area contributed by atoms with E-state index >= 15 is 0 Å². The first kappa shape index (κ1) is 24.2. The highest BCUT2D eigenvalue weighted by Crippen LogP contribution is 2.35. The van der Waals surface area contributed by atoms with Crippen molar-refractivity contribution in [3.8, 4) is 0 Å². The van der Waals surface area contributed by atoms with Crippen LogP contribution in [0.3, 0.4) is 0 Å². The number of hydrogen-bond donors (Lipinski definition) is 2. The van der Waals surface area contributed by atoms with Crippen molar-refractivity contribution < 1.29 is 22.8 Å². The lowest BCUT2D eigenvalue weighted by Crippen LogP contribution is -2.18. The summed E-state index contributed by atoms with van der Waals surface area (Å²) in [6, 6.07) is 17.1. The fourth-order valence-corrected chi connectivity index (χ4v) is 5.17. The van der Waals surface area contributed by atoms with Gasteiger partial charge in [-0.1, -0.05) is 39.8 Å². The number of carbonyl (C=O) groups is 2. The SMILES string of the molecule is O=C(CSc1nc2ccc(NC(=O)c3ccc(Br)cc3)cc2s1)Nc1ccccc1C(F)(F)F. The highest BCUT2D eigenvalue weighted by molar-refractivity contribution is 9.10. The molecule has 34 heavy (non-hydrogen) atoms. The Bertz CT molecular complexity index is 1360. The number of benzene rings is 3. The third-order valence-electron chi connectivity index (χ3n) is 4.57. The molecule has 3 aromatic carbocycles. The zero-order valence-corrected chi connectivity index (χ0v) is 20.4. The minimum Gasteiger partial charge on any atom is -0.325 e. The van der Waals surface area contributed by atoms with Crippen LogP contribution < -0.4 is 10.6 Å². The quantitative estimate of drug-likeness (QED) is 0.245. The predicted octanol–water partition coefficient (Wildman–Crippen LogP) is 7.06. The Morgan fingerprint density at radius 2 is 1.74 bits per heavy atom. The number of thiazole rings is 1. The first-order chi connectivity index (χ1) is 16.2. The van der Waals surface area contributed by atoms with Gasteiger partial charge in [-0.25, -0.2) is 4.98 Å². The van der Waals surface area contributed by atoms with E-state index in [-0.39, 0.29) is 17.3 Å².